The van der Waals surface area contributed by atoms with Gasteiger partial charge >= 0.3 is 0 Å². The first-order valence-corrected chi connectivity index (χ1v) is 9.63. The maximum Gasteiger partial charge on any atom is 0.161 e. The Labute approximate surface area is 155 Å². The molecule has 25 heavy (non-hydrogen) atoms. The van der Waals surface area contributed by atoms with Crippen molar-refractivity contribution in [2.45, 2.75) is 18.1 Å². The second-order valence-electron chi connectivity index (χ2n) is 6.34. The van der Waals surface area contributed by atoms with Crippen LogP contribution in [0.3, 0.4) is 0 Å². The second kappa shape index (κ2) is 6.63. The van der Waals surface area contributed by atoms with Crippen LogP contribution in [0.2, 0.25) is 5.02 Å². The number of thioether (sulfide) groups is 1. The van der Waals surface area contributed by atoms with Gasteiger partial charge in [-0.2, -0.15) is 0 Å². The molecule has 2 aliphatic rings. The van der Waals surface area contributed by atoms with Crippen LogP contribution in [-0.4, -0.2) is 39.7 Å². The van der Waals surface area contributed by atoms with Crippen LogP contribution in [0.4, 0.5) is 4.39 Å². The quantitative estimate of drug-likeness (QED) is 0.875. The van der Waals surface area contributed by atoms with Gasteiger partial charge in [-0.1, -0.05) is 53.7 Å². The van der Waals surface area contributed by atoms with Crippen molar-refractivity contribution in [1.29, 1.82) is 0 Å². The number of hydrogen-bond acceptors (Lipinski definition) is 4. The van der Waals surface area contributed by atoms with E-state index in [4.69, 9.17) is 11.6 Å². The third kappa shape index (κ3) is 2.94. The van der Waals surface area contributed by atoms with E-state index < -0.39 is 5.72 Å². The van der Waals surface area contributed by atoms with Crippen molar-refractivity contribution in [2.75, 3.05) is 18.8 Å². The smallest absolute Gasteiger partial charge is 0.161 e. The molecule has 2 heterocycles. The van der Waals surface area contributed by atoms with Gasteiger partial charge in [-0.05, 0) is 35.7 Å². The summed E-state index contributed by atoms with van der Waals surface area (Å²) in [6.45, 7) is 1.55. The van der Waals surface area contributed by atoms with Crippen molar-refractivity contribution in [3.05, 3.63) is 70.5 Å². The highest BCUT2D eigenvalue weighted by molar-refractivity contribution is 8.14. The molecule has 2 aromatic carbocycles. The Kier molecular flexibility index (Phi) is 4.48. The largest absolute Gasteiger partial charge is 0.369 e. The first-order chi connectivity index (χ1) is 12.1. The van der Waals surface area contributed by atoms with E-state index in [2.05, 4.69) is 4.99 Å². The van der Waals surface area contributed by atoms with Crippen molar-refractivity contribution < 1.29 is 9.50 Å². The van der Waals surface area contributed by atoms with E-state index >= 15 is 0 Å². The van der Waals surface area contributed by atoms with Crippen molar-refractivity contribution in [2.24, 2.45) is 4.99 Å². The first kappa shape index (κ1) is 16.9. The molecule has 2 unspecified atom stereocenters. The molecule has 2 atom stereocenters. The summed E-state index contributed by atoms with van der Waals surface area (Å²) < 4.78 is 13.5. The van der Waals surface area contributed by atoms with Crippen molar-refractivity contribution >= 4 is 28.5 Å². The lowest BCUT2D eigenvalue weighted by molar-refractivity contribution is -0.0573. The predicted molar refractivity (Wildman–Crippen MR) is 101 cm³/mol. The molecule has 1 N–H and O–H groups in total. The lowest BCUT2D eigenvalue weighted by Gasteiger charge is -2.42. The normalized spacial score (nSPS) is 24.0. The van der Waals surface area contributed by atoms with Crippen LogP contribution < -0.4 is 0 Å². The molecule has 0 radical (unpaired) electrons. The minimum atomic E-state index is -1.15. The first-order valence-electron chi connectivity index (χ1n) is 8.27. The molecular formula is C19H18ClFN2OS. The molecule has 1 fully saturated rings. The summed E-state index contributed by atoms with van der Waals surface area (Å²) in [5.41, 5.74) is 0.530. The van der Waals surface area contributed by atoms with Crippen LogP contribution in [0.25, 0.3) is 0 Å². The molecule has 2 aliphatic heterocycles. The molecule has 0 spiro atoms. The molecule has 1 saturated heterocycles. The van der Waals surface area contributed by atoms with E-state index in [1.54, 1.807) is 23.9 Å². The Balaban J connectivity index is 1.86. The maximum atomic E-state index is 13.5. The predicted octanol–water partition coefficient (Wildman–Crippen LogP) is 4.11. The van der Waals surface area contributed by atoms with Gasteiger partial charge in [0.1, 0.15) is 5.82 Å². The summed E-state index contributed by atoms with van der Waals surface area (Å²) >= 11 is 8.04. The van der Waals surface area contributed by atoms with Crippen LogP contribution in [0, 0.1) is 5.82 Å². The molecule has 4 rings (SSSR count). The molecule has 0 bridgehead atoms. The second-order valence-corrected chi connectivity index (χ2v) is 7.69. The zero-order valence-corrected chi connectivity index (χ0v) is 15.1. The van der Waals surface area contributed by atoms with E-state index in [0.717, 1.165) is 35.8 Å². The van der Waals surface area contributed by atoms with Crippen LogP contribution in [-0.2, 0) is 0 Å². The zero-order chi connectivity index (χ0) is 17.4. The number of fused-ring (bicyclic) bond motifs is 1. The number of rotatable bonds is 3. The van der Waals surface area contributed by atoms with Crippen LogP contribution in [0.5, 0.6) is 0 Å². The van der Waals surface area contributed by atoms with Crippen LogP contribution in [0.15, 0.2) is 53.5 Å². The van der Waals surface area contributed by atoms with Crippen molar-refractivity contribution in [3.63, 3.8) is 0 Å². The summed E-state index contributed by atoms with van der Waals surface area (Å²) in [5, 5.41) is 13.2. The van der Waals surface area contributed by atoms with E-state index in [-0.39, 0.29) is 11.7 Å². The highest BCUT2D eigenvalue weighted by atomic mass is 35.5. The molecule has 0 saturated carbocycles. The average molecular weight is 377 g/mol. The standard InChI is InChI=1S/C19H18ClFN2OS/c20-16-5-2-1-4-15(16)17(13-6-8-14(21)9-7-13)19(24)12-25-18-22-10-3-11-23(18)19/h1-2,4-9,17,24H,3,10-12H2. The van der Waals surface area contributed by atoms with Gasteiger partial charge in [0.15, 0.2) is 10.9 Å². The molecule has 0 amide bonds. The van der Waals surface area contributed by atoms with Crippen LogP contribution >= 0.6 is 23.4 Å². The number of halogens is 2. The molecule has 130 valence electrons. The number of aliphatic hydroxyl groups is 1. The fourth-order valence-electron chi connectivity index (χ4n) is 3.62. The fraction of sp³-hybridized carbons (Fsp3) is 0.316. The SMILES string of the molecule is OC1(C(c2ccc(F)cc2)c2ccccc2Cl)CSC2=NCCCN21. The summed E-state index contributed by atoms with van der Waals surface area (Å²) in [6, 6.07) is 13.8. The summed E-state index contributed by atoms with van der Waals surface area (Å²) in [7, 11) is 0. The monoisotopic (exact) mass is 376 g/mol. The Morgan fingerprint density at radius 3 is 2.72 bits per heavy atom. The van der Waals surface area contributed by atoms with Gasteiger partial charge in [0.05, 0.1) is 5.92 Å². The van der Waals surface area contributed by atoms with Gasteiger partial charge in [0.2, 0.25) is 0 Å². The Morgan fingerprint density at radius 1 is 1.20 bits per heavy atom. The zero-order valence-electron chi connectivity index (χ0n) is 13.5. The van der Waals surface area contributed by atoms with E-state index in [1.165, 1.54) is 12.1 Å². The number of amidine groups is 1. The topological polar surface area (TPSA) is 35.8 Å². The Hall–Kier alpha value is -1.56. The van der Waals surface area contributed by atoms with Crippen molar-refractivity contribution in [1.82, 2.24) is 4.90 Å². The van der Waals surface area contributed by atoms with Crippen molar-refractivity contribution in [3.8, 4) is 0 Å². The third-order valence-electron chi connectivity index (χ3n) is 4.78. The molecule has 3 nitrogen and oxygen atoms in total. The number of hydrogen-bond donors (Lipinski definition) is 1. The van der Waals surface area contributed by atoms with Gasteiger partial charge in [-0.15, -0.1) is 0 Å². The van der Waals surface area contributed by atoms with Gasteiger partial charge in [-0.3, -0.25) is 4.99 Å². The van der Waals surface area contributed by atoms with E-state index in [1.807, 2.05) is 29.2 Å². The highest BCUT2D eigenvalue weighted by Crippen LogP contribution is 2.47. The van der Waals surface area contributed by atoms with Gasteiger partial charge in [0, 0.05) is 23.9 Å². The fourth-order valence-corrected chi connectivity index (χ4v) is 5.11. The third-order valence-corrected chi connectivity index (χ3v) is 6.30. The number of aliphatic imine (C=N–C) groups is 1. The van der Waals surface area contributed by atoms with E-state index in [9.17, 15) is 9.50 Å². The minimum absolute atomic E-state index is 0.297. The maximum absolute atomic E-state index is 13.5. The minimum Gasteiger partial charge on any atom is -0.369 e. The number of nitrogens with zero attached hydrogens (tertiary/aromatic N) is 2. The van der Waals surface area contributed by atoms with Gasteiger partial charge < -0.3 is 10.0 Å². The molecule has 2 aromatic rings. The summed E-state index contributed by atoms with van der Waals surface area (Å²) in [5.74, 6) is -0.186. The molecule has 0 aromatic heterocycles. The summed E-state index contributed by atoms with van der Waals surface area (Å²) in [6.07, 6.45) is 0.908. The highest BCUT2D eigenvalue weighted by Gasteiger charge is 2.51. The van der Waals surface area contributed by atoms with E-state index in [0.29, 0.717) is 10.8 Å². The average Bonchev–Trinajstić information content (AvgIpc) is 2.97. The Morgan fingerprint density at radius 2 is 1.96 bits per heavy atom. The lowest BCUT2D eigenvalue weighted by atomic mass is 9.82. The summed E-state index contributed by atoms with van der Waals surface area (Å²) in [4.78, 5) is 6.53. The van der Waals surface area contributed by atoms with Gasteiger partial charge in [-0.25, -0.2) is 4.39 Å². The van der Waals surface area contributed by atoms with Gasteiger partial charge in [0.25, 0.3) is 0 Å². The molecule has 6 heteroatoms. The molecular weight excluding hydrogens is 359 g/mol. The Bertz CT molecular complexity index is 813. The lowest BCUT2D eigenvalue weighted by Crippen LogP contribution is -2.53. The molecule has 0 aliphatic carbocycles. The number of benzene rings is 2. The van der Waals surface area contributed by atoms with Crippen LogP contribution in [0.1, 0.15) is 23.5 Å².